The van der Waals surface area contributed by atoms with Crippen molar-refractivity contribution in [1.82, 2.24) is 5.32 Å². The molecule has 0 spiro atoms. The molecule has 0 bridgehead atoms. The van der Waals surface area contributed by atoms with Gasteiger partial charge in [-0.15, -0.1) is 0 Å². The summed E-state index contributed by atoms with van der Waals surface area (Å²) in [6, 6.07) is 11.7. The number of hydrogen-bond acceptors (Lipinski definition) is 2. The standard InChI is InChI=1S/C18H27NO/c1-3-8-16(9-4-1)18(11-5-2-6-12-18)15-19-17-10-7-13-20-14-17/h1,3-4,8-9,17,19H,2,5-7,10-15H2. The van der Waals surface area contributed by atoms with Crippen LogP contribution >= 0.6 is 0 Å². The highest BCUT2D eigenvalue weighted by Crippen LogP contribution is 2.39. The van der Waals surface area contributed by atoms with Crippen LogP contribution in [-0.2, 0) is 10.2 Å². The first-order valence-corrected chi connectivity index (χ1v) is 8.26. The molecule has 0 aromatic heterocycles. The summed E-state index contributed by atoms with van der Waals surface area (Å²) < 4.78 is 5.60. The SMILES string of the molecule is c1ccc(C2(CNC3CCCOC3)CCCCC2)cc1. The fraction of sp³-hybridized carbons (Fsp3) is 0.667. The summed E-state index contributed by atoms with van der Waals surface area (Å²) in [6.07, 6.45) is 9.28. The third-order valence-corrected chi connectivity index (χ3v) is 5.09. The lowest BCUT2D eigenvalue weighted by atomic mass is 9.69. The molecule has 1 atom stereocenters. The van der Waals surface area contributed by atoms with Crippen molar-refractivity contribution in [2.75, 3.05) is 19.8 Å². The van der Waals surface area contributed by atoms with E-state index in [1.807, 2.05) is 0 Å². The van der Waals surface area contributed by atoms with Crippen molar-refractivity contribution in [1.29, 1.82) is 0 Å². The monoisotopic (exact) mass is 273 g/mol. The van der Waals surface area contributed by atoms with Crippen LogP contribution in [-0.4, -0.2) is 25.8 Å². The summed E-state index contributed by atoms with van der Waals surface area (Å²) in [5.41, 5.74) is 1.89. The van der Waals surface area contributed by atoms with Gasteiger partial charge in [-0.05, 0) is 31.2 Å². The third-order valence-electron chi connectivity index (χ3n) is 5.09. The van der Waals surface area contributed by atoms with E-state index in [0.717, 1.165) is 19.8 Å². The Morgan fingerprint density at radius 3 is 2.55 bits per heavy atom. The fourth-order valence-electron chi connectivity index (χ4n) is 3.83. The number of ether oxygens (including phenoxy) is 1. The maximum absolute atomic E-state index is 5.60. The molecule has 20 heavy (non-hydrogen) atoms. The van der Waals surface area contributed by atoms with Crippen molar-refractivity contribution in [3.05, 3.63) is 35.9 Å². The zero-order valence-electron chi connectivity index (χ0n) is 12.4. The first kappa shape index (κ1) is 14.1. The minimum atomic E-state index is 0.358. The third kappa shape index (κ3) is 3.24. The van der Waals surface area contributed by atoms with E-state index in [4.69, 9.17) is 4.74 Å². The first-order valence-electron chi connectivity index (χ1n) is 8.26. The van der Waals surface area contributed by atoms with Crippen LogP contribution in [0.3, 0.4) is 0 Å². The van der Waals surface area contributed by atoms with Gasteiger partial charge < -0.3 is 10.1 Å². The van der Waals surface area contributed by atoms with Crippen LogP contribution in [0.4, 0.5) is 0 Å². The molecule has 1 saturated heterocycles. The van der Waals surface area contributed by atoms with E-state index in [9.17, 15) is 0 Å². The number of nitrogens with one attached hydrogen (secondary N) is 1. The minimum Gasteiger partial charge on any atom is -0.380 e. The Morgan fingerprint density at radius 1 is 1.05 bits per heavy atom. The van der Waals surface area contributed by atoms with Crippen LogP contribution in [0.2, 0.25) is 0 Å². The van der Waals surface area contributed by atoms with Gasteiger partial charge in [0.15, 0.2) is 0 Å². The Balaban J connectivity index is 1.69. The van der Waals surface area contributed by atoms with Crippen LogP contribution in [0.25, 0.3) is 0 Å². The molecule has 3 rings (SSSR count). The summed E-state index contributed by atoms with van der Waals surface area (Å²) in [6.45, 7) is 2.96. The molecule has 1 unspecified atom stereocenters. The average Bonchev–Trinajstić information content (AvgIpc) is 2.56. The summed E-state index contributed by atoms with van der Waals surface area (Å²) in [5, 5.41) is 3.81. The molecular weight excluding hydrogens is 246 g/mol. The van der Waals surface area contributed by atoms with Crippen molar-refractivity contribution in [3.63, 3.8) is 0 Å². The topological polar surface area (TPSA) is 21.3 Å². The molecule has 1 aliphatic heterocycles. The van der Waals surface area contributed by atoms with Gasteiger partial charge in [0, 0.05) is 24.6 Å². The molecular formula is C18H27NO. The van der Waals surface area contributed by atoms with Crippen molar-refractivity contribution >= 4 is 0 Å². The Labute approximate surface area is 122 Å². The van der Waals surface area contributed by atoms with Gasteiger partial charge in [-0.3, -0.25) is 0 Å². The molecule has 1 saturated carbocycles. The normalized spacial score (nSPS) is 26.3. The molecule has 1 aromatic carbocycles. The van der Waals surface area contributed by atoms with Gasteiger partial charge in [0.1, 0.15) is 0 Å². The minimum absolute atomic E-state index is 0.358. The van der Waals surface area contributed by atoms with Crippen LogP contribution in [0.15, 0.2) is 30.3 Å². The van der Waals surface area contributed by atoms with Crippen LogP contribution < -0.4 is 5.32 Å². The molecule has 110 valence electrons. The summed E-state index contributed by atoms with van der Waals surface area (Å²) in [5.74, 6) is 0. The van der Waals surface area contributed by atoms with Gasteiger partial charge in [0.05, 0.1) is 6.61 Å². The summed E-state index contributed by atoms with van der Waals surface area (Å²) in [7, 11) is 0. The molecule has 1 heterocycles. The highest BCUT2D eigenvalue weighted by Gasteiger charge is 2.34. The van der Waals surface area contributed by atoms with E-state index < -0.39 is 0 Å². The van der Waals surface area contributed by atoms with E-state index in [2.05, 4.69) is 35.6 Å². The highest BCUT2D eigenvalue weighted by atomic mass is 16.5. The molecule has 2 aliphatic rings. The largest absolute Gasteiger partial charge is 0.380 e. The van der Waals surface area contributed by atoms with E-state index in [0.29, 0.717) is 11.5 Å². The maximum Gasteiger partial charge on any atom is 0.0619 e. The fourth-order valence-corrected chi connectivity index (χ4v) is 3.83. The van der Waals surface area contributed by atoms with Gasteiger partial charge in [0.2, 0.25) is 0 Å². The summed E-state index contributed by atoms with van der Waals surface area (Å²) >= 11 is 0. The zero-order chi connectivity index (χ0) is 13.7. The van der Waals surface area contributed by atoms with E-state index in [-0.39, 0.29) is 0 Å². The summed E-state index contributed by atoms with van der Waals surface area (Å²) in [4.78, 5) is 0. The molecule has 0 amide bonds. The van der Waals surface area contributed by atoms with E-state index in [1.165, 1.54) is 50.5 Å². The second-order valence-electron chi connectivity index (χ2n) is 6.50. The first-order chi connectivity index (χ1) is 9.89. The van der Waals surface area contributed by atoms with Gasteiger partial charge in [0.25, 0.3) is 0 Å². The van der Waals surface area contributed by atoms with Crippen molar-refractivity contribution in [2.45, 2.75) is 56.4 Å². The van der Waals surface area contributed by atoms with Gasteiger partial charge in [-0.1, -0.05) is 49.6 Å². The predicted octanol–water partition coefficient (Wildman–Crippen LogP) is 3.66. The second-order valence-corrected chi connectivity index (χ2v) is 6.50. The number of benzene rings is 1. The lowest BCUT2D eigenvalue weighted by molar-refractivity contribution is 0.0669. The second kappa shape index (κ2) is 6.73. The molecule has 1 aliphatic carbocycles. The molecule has 0 radical (unpaired) electrons. The number of rotatable bonds is 4. The van der Waals surface area contributed by atoms with E-state index in [1.54, 1.807) is 0 Å². The predicted molar refractivity (Wildman–Crippen MR) is 83.0 cm³/mol. The van der Waals surface area contributed by atoms with Gasteiger partial charge in [-0.25, -0.2) is 0 Å². The average molecular weight is 273 g/mol. The Morgan fingerprint density at radius 2 is 1.85 bits per heavy atom. The van der Waals surface area contributed by atoms with Crippen LogP contribution in [0.5, 0.6) is 0 Å². The molecule has 1 N–H and O–H groups in total. The Bertz CT molecular complexity index is 391. The van der Waals surface area contributed by atoms with Crippen LogP contribution in [0.1, 0.15) is 50.5 Å². The Hall–Kier alpha value is -0.860. The van der Waals surface area contributed by atoms with E-state index >= 15 is 0 Å². The molecule has 1 aromatic rings. The molecule has 2 fully saturated rings. The quantitative estimate of drug-likeness (QED) is 0.904. The Kier molecular flexibility index (Phi) is 4.74. The van der Waals surface area contributed by atoms with Crippen molar-refractivity contribution in [2.24, 2.45) is 0 Å². The van der Waals surface area contributed by atoms with Crippen molar-refractivity contribution in [3.8, 4) is 0 Å². The van der Waals surface area contributed by atoms with Crippen LogP contribution in [0, 0.1) is 0 Å². The van der Waals surface area contributed by atoms with Gasteiger partial charge in [-0.2, -0.15) is 0 Å². The molecule has 2 heteroatoms. The zero-order valence-corrected chi connectivity index (χ0v) is 12.4. The van der Waals surface area contributed by atoms with Crippen molar-refractivity contribution < 1.29 is 4.74 Å². The van der Waals surface area contributed by atoms with Gasteiger partial charge >= 0.3 is 0 Å². The lowest BCUT2D eigenvalue weighted by Gasteiger charge is -2.39. The maximum atomic E-state index is 5.60. The lowest BCUT2D eigenvalue weighted by Crippen LogP contribution is -2.46. The number of hydrogen-bond donors (Lipinski definition) is 1. The smallest absolute Gasteiger partial charge is 0.0619 e. The molecule has 2 nitrogen and oxygen atoms in total. The highest BCUT2D eigenvalue weighted by molar-refractivity contribution is 5.26.